The fourth-order valence-electron chi connectivity index (χ4n) is 1.50. The molecule has 2 aliphatic rings. The Morgan fingerprint density at radius 2 is 1.67 bits per heavy atom. The minimum atomic E-state index is -0.720. The van der Waals surface area contributed by atoms with Gasteiger partial charge in [0.1, 0.15) is 0 Å². The van der Waals surface area contributed by atoms with E-state index in [1.165, 1.54) is 0 Å². The molecule has 0 unspecified atom stereocenters. The van der Waals surface area contributed by atoms with E-state index in [9.17, 15) is 0 Å². The van der Waals surface area contributed by atoms with Crippen LogP contribution in [0, 0.1) is 0 Å². The summed E-state index contributed by atoms with van der Waals surface area (Å²) >= 11 is 0. The summed E-state index contributed by atoms with van der Waals surface area (Å²) in [6.45, 7) is 1.94. The number of hydrogen-bond donors (Lipinski definition) is 0. The van der Waals surface area contributed by atoms with E-state index < -0.39 is 5.97 Å². The maximum atomic E-state index is 5.50. The minimum absolute atomic E-state index is 0.597. The zero-order valence-electron chi connectivity index (χ0n) is 7.12. The van der Waals surface area contributed by atoms with Crippen LogP contribution in [0.25, 0.3) is 0 Å². The van der Waals surface area contributed by atoms with Crippen LogP contribution in [0.2, 0.25) is 0 Å². The SMILES string of the molecule is C1=CCOC2(CCCCO2)OC1. The Labute approximate surface area is 72.3 Å². The van der Waals surface area contributed by atoms with Gasteiger partial charge >= 0.3 is 0 Å². The van der Waals surface area contributed by atoms with E-state index in [0.717, 1.165) is 25.9 Å². The van der Waals surface area contributed by atoms with Gasteiger partial charge in [-0.15, -0.1) is 0 Å². The summed E-state index contributed by atoms with van der Waals surface area (Å²) in [5.41, 5.74) is 0. The summed E-state index contributed by atoms with van der Waals surface area (Å²) in [5.74, 6) is -0.720. The predicted octanol–water partition coefficient (Wildman–Crippen LogP) is 1.44. The summed E-state index contributed by atoms with van der Waals surface area (Å²) in [7, 11) is 0. The molecule has 0 aromatic carbocycles. The molecule has 1 fully saturated rings. The Morgan fingerprint density at radius 1 is 0.917 bits per heavy atom. The van der Waals surface area contributed by atoms with Gasteiger partial charge in [0.05, 0.1) is 19.8 Å². The zero-order chi connectivity index (χ0) is 8.28. The zero-order valence-corrected chi connectivity index (χ0v) is 7.12. The van der Waals surface area contributed by atoms with Crippen LogP contribution in [-0.4, -0.2) is 25.8 Å². The highest BCUT2D eigenvalue weighted by Crippen LogP contribution is 2.28. The Morgan fingerprint density at radius 3 is 2.25 bits per heavy atom. The Balaban J connectivity index is 1.98. The topological polar surface area (TPSA) is 27.7 Å². The van der Waals surface area contributed by atoms with Crippen LogP contribution in [0.3, 0.4) is 0 Å². The van der Waals surface area contributed by atoms with Gasteiger partial charge in [0, 0.05) is 6.42 Å². The molecule has 0 aliphatic carbocycles. The maximum Gasteiger partial charge on any atom is 0.283 e. The number of hydrogen-bond acceptors (Lipinski definition) is 3. The predicted molar refractivity (Wildman–Crippen MR) is 43.6 cm³/mol. The molecule has 1 spiro atoms. The van der Waals surface area contributed by atoms with Gasteiger partial charge in [-0.25, -0.2) is 0 Å². The van der Waals surface area contributed by atoms with Crippen molar-refractivity contribution in [1.82, 2.24) is 0 Å². The van der Waals surface area contributed by atoms with Crippen molar-refractivity contribution in [2.45, 2.75) is 25.2 Å². The highest BCUT2D eigenvalue weighted by molar-refractivity contribution is 4.85. The molecule has 3 nitrogen and oxygen atoms in total. The molecule has 0 atom stereocenters. The van der Waals surface area contributed by atoms with Crippen molar-refractivity contribution >= 4 is 0 Å². The van der Waals surface area contributed by atoms with Gasteiger partial charge in [-0.2, -0.15) is 0 Å². The standard InChI is InChI=1S/C9H14O3/c1-2-6-10-9(5-1)11-7-3-4-8-12-9/h3-4H,1-2,5-8H2. The van der Waals surface area contributed by atoms with Gasteiger partial charge in [-0.3, -0.25) is 0 Å². The lowest BCUT2D eigenvalue weighted by Gasteiger charge is -2.34. The number of rotatable bonds is 0. The summed E-state index contributed by atoms with van der Waals surface area (Å²) < 4.78 is 16.5. The quantitative estimate of drug-likeness (QED) is 0.515. The molecular formula is C9H14O3. The molecule has 0 aromatic heterocycles. The molecule has 0 N–H and O–H groups in total. The lowest BCUT2D eigenvalue weighted by Crippen LogP contribution is -2.41. The van der Waals surface area contributed by atoms with Crippen molar-refractivity contribution in [3.8, 4) is 0 Å². The van der Waals surface area contributed by atoms with Crippen molar-refractivity contribution in [2.75, 3.05) is 19.8 Å². The Hall–Kier alpha value is -0.380. The van der Waals surface area contributed by atoms with Crippen molar-refractivity contribution in [3.63, 3.8) is 0 Å². The molecule has 3 heteroatoms. The second-order valence-electron chi connectivity index (χ2n) is 3.08. The van der Waals surface area contributed by atoms with E-state index in [-0.39, 0.29) is 0 Å². The largest absolute Gasteiger partial charge is 0.327 e. The van der Waals surface area contributed by atoms with Crippen LogP contribution < -0.4 is 0 Å². The van der Waals surface area contributed by atoms with Crippen molar-refractivity contribution in [1.29, 1.82) is 0 Å². The van der Waals surface area contributed by atoms with E-state index in [4.69, 9.17) is 14.2 Å². The average Bonchev–Trinajstić information content (AvgIpc) is 2.33. The van der Waals surface area contributed by atoms with E-state index in [0.29, 0.717) is 13.2 Å². The van der Waals surface area contributed by atoms with Crippen molar-refractivity contribution in [2.24, 2.45) is 0 Å². The van der Waals surface area contributed by atoms with Crippen LogP contribution in [-0.2, 0) is 14.2 Å². The number of ether oxygens (including phenoxy) is 3. The average molecular weight is 170 g/mol. The summed E-state index contributed by atoms with van der Waals surface area (Å²) in [4.78, 5) is 0. The first-order valence-corrected chi connectivity index (χ1v) is 4.48. The van der Waals surface area contributed by atoms with Gasteiger partial charge < -0.3 is 14.2 Å². The molecule has 0 radical (unpaired) electrons. The van der Waals surface area contributed by atoms with E-state index in [1.807, 2.05) is 12.2 Å². The first kappa shape index (κ1) is 8.23. The van der Waals surface area contributed by atoms with Gasteiger partial charge in [-0.05, 0) is 12.8 Å². The fraction of sp³-hybridized carbons (Fsp3) is 0.778. The Kier molecular flexibility index (Phi) is 2.44. The normalized spacial score (nSPS) is 28.7. The first-order valence-electron chi connectivity index (χ1n) is 4.48. The highest BCUT2D eigenvalue weighted by Gasteiger charge is 2.35. The molecule has 12 heavy (non-hydrogen) atoms. The van der Waals surface area contributed by atoms with Gasteiger partial charge in [0.2, 0.25) is 0 Å². The molecule has 0 saturated carbocycles. The molecule has 2 heterocycles. The highest BCUT2D eigenvalue weighted by atomic mass is 16.9. The van der Waals surface area contributed by atoms with Gasteiger partial charge in [0.15, 0.2) is 0 Å². The summed E-state index contributed by atoms with van der Waals surface area (Å²) in [6, 6.07) is 0. The third-order valence-electron chi connectivity index (χ3n) is 2.16. The van der Waals surface area contributed by atoms with Crippen LogP contribution >= 0.6 is 0 Å². The molecule has 68 valence electrons. The van der Waals surface area contributed by atoms with Crippen molar-refractivity contribution in [3.05, 3.63) is 12.2 Å². The molecule has 2 rings (SSSR count). The van der Waals surface area contributed by atoms with Crippen LogP contribution in [0.4, 0.5) is 0 Å². The smallest absolute Gasteiger partial charge is 0.283 e. The second kappa shape index (κ2) is 3.56. The molecule has 0 bridgehead atoms. The Bertz CT molecular complexity index is 159. The first-order chi connectivity index (χ1) is 5.91. The molecule has 1 saturated heterocycles. The van der Waals surface area contributed by atoms with E-state index in [1.54, 1.807) is 0 Å². The van der Waals surface area contributed by atoms with Crippen LogP contribution in [0.5, 0.6) is 0 Å². The second-order valence-corrected chi connectivity index (χ2v) is 3.08. The third-order valence-corrected chi connectivity index (χ3v) is 2.16. The summed E-state index contributed by atoms with van der Waals surface area (Å²) in [6.07, 6.45) is 7.02. The van der Waals surface area contributed by atoms with E-state index >= 15 is 0 Å². The van der Waals surface area contributed by atoms with Crippen LogP contribution in [0.15, 0.2) is 12.2 Å². The van der Waals surface area contributed by atoms with Gasteiger partial charge in [-0.1, -0.05) is 12.2 Å². The molecule has 0 aromatic rings. The minimum Gasteiger partial charge on any atom is -0.327 e. The van der Waals surface area contributed by atoms with Gasteiger partial charge in [0.25, 0.3) is 5.97 Å². The lowest BCUT2D eigenvalue weighted by atomic mass is 10.2. The van der Waals surface area contributed by atoms with Crippen molar-refractivity contribution < 1.29 is 14.2 Å². The maximum absolute atomic E-state index is 5.50. The monoisotopic (exact) mass is 170 g/mol. The lowest BCUT2D eigenvalue weighted by molar-refractivity contribution is -0.384. The fourth-order valence-corrected chi connectivity index (χ4v) is 1.50. The van der Waals surface area contributed by atoms with Crippen LogP contribution in [0.1, 0.15) is 19.3 Å². The third kappa shape index (κ3) is 1.68. The molecule has 2 aliphatic heterocycles. The molecular weight excluding hydrogens is 156 g/mol. The summed E-state index contributed by atoms with van der Waals surface area (Å²) in [5, 5.41) is 0. The van der Waals surface area contributed by atoms with E-state index in [2.05, 4.69) is 0 Å². The molecule has 0 amide bonds.